The van der Waals surface area contributed by atoms with Gasteiger partial charge in [0.05, 0.1) is 11.4 Å². The van der Waals surface area contributed by atoms with E-state index in [9.17, 15) is 0 Å². The molecule has 0 fully saturated rings. The Morgan fingerprint density at radius 1 is 1.50 bits per heavy atom. The molecular formula is C12H22IN3. The van der Waals surface area contributed by atoms with Gasteiger partial charge < -0.3 is 5.32 Å². The van der Waals surface area contributed by atoms with Crippen molar-refractivity contribution >= 4 is 22.6 Å². The number of hydrogen-bond acceptors (Lipinski definition) is 2. The number of aromatic nitrogens is 2. The maximum absolute atomic E-state index is 4.45. The summed E-state index contributed by atoms with van der Waals surface area (Å²) in [5.41, 5.74) is 2.45. The zero-order valence-corrected chi connectivity index (χ0v) is 12.8. The van der Waals surface area contributed by atoms with Crippen LogP contribution in [0, 0.1) is 5.92 Å². The number of nitrogens with one attached hydrogen (secondary N) is 1. The minimum absolute atomic E-state index is 0.584. The summed E-state index contributed by atoms with van der Waals surface area (Å²) in [6, 6.07) is 2.78. The topological polar surface area (TPSA) is 29.9 Å². The maximum atomic E-state index is 4.45. The fourth-order valence-corrected chi connectivity index (χ4v) is 2.94. The van der Waals surface area contributed by atoms with Crippen LogP contribution in [0.3, 0.4) is 0 Å². The minimum Gasteiger partial charge on any atom is -0.307 e. The van der Waals surface area contributed by atoms with Crippen LogP contribution in [0.15, 0.2) is 6.07 Å². The molecular weight excluding hydrogens is 313 g/mol. The highest BCUT2D eigenvalue weighted by atomic mass is 127. The Morgan fingerprint density at radius 3 is 2.62 bits per heavy atom. The van der Waals surface area contributed by atoms with Gasteiger partial charge in [-0.2, -0.15) is 5.10 Å². The molecule has 16 heavy (non-hydrogen) atoms. The molecule has 1 N–H and O–H groups in total. The van der Waals surface area contributed by atoms with Gasteiger partial charge in [-0.05, 0) is 18.4 Å². The molecule has 1 aromatic heterocycles. The average Bonchev–Trinajstić information content (AvgIpc) is 2.60. The average molecular weight is 335 g/mol. The van der Waals surface area contributed by atoms with E-state index in [1.165, 1.54) is 11.4 Å². The van der Waals surface area contributed by atoms with Crippen LogP contribution < -0.4 is 5.32 Å². The van der Waals surface area contributed by atoms with E-state index in [0.29, 0.717) is 12.0 Å². The van der Waals surface area contributed by atoms with E-state index in [0.717, 1.165) is 17.4 Å². The molecule has 0 aliphatic carbocycles. The lowest BCUT2D eigenvalue weighted by atomic mass is 10.1. The molecule has 1 heterocycles. The minimum atomic E-state index is 0.584. The zero-order chi connectivity index (χ0) is 12.1. The molecule has 0 aliphatic heterocycles. The molecule has 0 spiro atoms. The van der Waals surface area contributed by atoms with Crippen molar-refractivity contribution in [2.45, 2.75) is 39.8 Å². The van der Waals surface area contributed by atoms with Gasteiger partial charge in [0.15, 0.2) is 0 Å². The molecule has 92 valence electrons. The molecule has 0 radical (unpaired) electrons. The molecule has 3 nitrogen and oxygen atoms in total. The summed E-state index contributed by atoms with van der Waals surface area (Å²) in [7, 11) is 2.02. The highest BCUT2D eigenvalue weighted by Gasteiger charge is 2.12. The van der Waals surface area contributed by atoms with Gasteiger partial charge in [0.2, 0.25) is 0 Å². The lowest BCUT2D eigenvalue weighted by molar-refractivity contribution is 0.429. The van der Waals surface area contributed by atoms with Gasteiger partial charge in [-0.1, -0.05) is 43.4 Å². The Balaban J connectivity index is 2.56. The summed E-state index contributed by atoms with van der Waals surface area (Å²) < 4.78 is 3.13. The van der Waals surface area contributed by atoms with Crippen LogP contribution in [-0.2, 0) is 20.0 Å². The number of halogens is 1. The van der Waals surface area contributed by atoms with Gasteiger partial charge in [0, 0.05) is 24.1 Å². The second kappa shape index (κ2) is 6.59. The van der Waals surface area contributed by atoms with Crippen LogP contribution in [0.5, 0.6) is 0 Å². The number of aryl methyl sites for hydroxylation is 2. The summed E-state index contributed by atoms with van der Waals surface area (Å²) >= 11 is 2.44. The predicted molar refractivity (Wildman–Crippen MR) is 76.9 cm³/mol. The molecule has 0 saturated heterocycles. The molecule has 4 heteroatoms. The zero-order valence-electron chi connectivity index (χ0n) is 10.6. The Labute approximate surface area is 112 Å². The predicted octanol–water partition coefficient (Wildman–Crippen LogP) is 2.53. The first-order chi connectivity index (χ1) is 7.58. The van der Waals surface area contributed by atoms with Crippen LogP contribution in [-0.4, -0.2) is 20.2 Å². The molecule has 0 bridgehead atoms. The standard InChI is InChI=1S/C12H22IN3/c1-5-10-6-11(16(4)15-10)8-14-12(7-13)9(2)3/h6,9,12,14H,5,7-8H2,1-4H3. The first-order valence-electron chi connectivity index (χ1n) is 5.89. The number of hydrogen-bond donors (Lipinski definition) is 1. The van der Waals surface area contributed by atoms with Crippen molar-refractivity contribution in [1.29, 1.82) is 0 Å². The van der Waals surface area contributed by atoms with Gasteiger partial charge in [-0.25, -0.2) is 0 Å². The van der Waals surface area contributed by atoms with E-state index in [-0.39, 0.29) is 0 Å². The smallest absolute Gasteiger partial charge is 0.0625 e. The first kappa shape index (κ1) is 14.0. The van der Waals surface area contributed by atoms with E-state index in [1.807, 2.05) is 11.7 Å². The molecule has 0 saturated carbocycles. The summed E-state index contributed by atoms with van der Waals surface area (Å²) in [5, 5.41) is 8.05. The van der Waals surface area contributed by atoms with Crippen LogP contribution in [0.2, 0.25) is 0 Å². The SMILES string of the molecule is CCc1cc(CNC(CI)C(C)C)n(C)n1. The normalized spacial score (nSPS) is 13.4. The maximum Gasteiger partial charge on any atom is 0.0625 e. The van der Waals surface area contributed by atoms with Crippen LogP contribution >= 0.6 is 22.6 Å². The molecule has 0 amide bonds. The highest BCUT2D eigenvalue weighted by Crippen LogP contribution is 2.08. The van der Waals surface area contributed by atoms with E-state index in [1.54, 1.807) is 0 Å². The second-order valence-electron chi connectivity index (χ2n) is 4.49. The van der Waals surface area contributed by atoms with Gasteiger partial charge in [-0.3, -0.25) is 4.68 Å². The Morgan fingerprint density at radius 2 is 2.19 bits per heavy atom. The van der Waals surface area contributed by atoms with Crippen molar-refractivity contribution in [2.75, 3.05) is 4.43 Å². The number of alkyl halides is 1. The summed E-state index contributed by atoms with van der Waals surface area (Å²) in [4.78, 5) is 0. The van der Waals surface area contributed by atoms with Gasteiger partial charge >= 0.3 is 0 Å². The third-order valence-corrected chi connectivity index (χ3v) is 3.85. The van der Waals surface area contributed by atoms with Crippen molar-refractivity contribution in [3.8, 4) is 0 Å². The number of nitrogens with zero attached hydrogens (tertiary/aromatic N) is 2. The van der Waals surface area contributed by atoms with Crippen LogP contribution in [0.4, 0.5) is 0 Å². The molecule has 1 unspecified atom stereocenters. The lowest BCUT2D eigenvalue weighted by Gasteiger charge is -2.19. The van der Waals surface area contributed by atoms with E-state index < -0.39 is 0 Å². The van der Waals surface area contributed by atoms with Crippen LogP contribution in [0.25, 0.3) is 0 Å². The fourth-order valence-electron chi connectivity index (χ4n) is 1.61. The Kier molecular flexibility index (Phi) is 5.75. The van der Waals surface area contributed by atoms with Crippen molar-refractivity contribution in [1.82, 2.24) is 15.1 Å². The second-order valence-corrected chi connectivity index (χ2v) is 5.37. The first-order valence-corrected chi connectivity index (χ1v) is 7.42. The van der Waals surface area contributed by atoms with E-state index in [4.69, 9.17) is 0 Å². The monoisotopic (exact) mass is 335 g/mol. The van der Waals surface area contributed by atoms with Crippen LogP contribution in [0.1, 0.15) is 32.2 Å². The Bertz CT molecular complexity index is 320. The molecule has 1 rings (SSSR count). The van der Waals surface area contributed by atoms with Crippen molar-refractivity contribution < 1.29 is 0 Å². The van der Waals surface area contributed by atoms with Crippen molar-refractivity contribution in [3.05, 3.63) is 17.5 Å². The molecule has 0 aliphatic rings. The quantitative estimate of drug-likeness (QED) is 0.640. The third kappa shape index (κ3) is 3.73. The highest BCUT2D eigenvalue weighted by molar-refractivity contribution is 14.1. The summed E-state index contributed by atoms with van der Waals surface area (Å²) in [5.74, 6) is 0.677. The third-order valence-electron chi connectivity index (χ3n) is 2.91. The van der Waals surface area contributed by atoms with Crippen molar-refractivity contribution in [3.63, 3.8) is 0 Å². The van der Waals surface area contributed by atoms with Gasteiger partial charge in [0.25, 0.3) is 0 Å². The number of rotatable bonds is 6. The van der Waals surface area contributed by atoms with Crippen molar-refractivity contribution in [2.24, 2.45) is 13.0 Å². The summed E-state index contributed by atoms with van der Waals surface area (Å²) in [6.07, 6.45) is 1.01. The molecule has 0 aromatic carbocycles. The van der Waals surface area contributed by atoms with Gasteiger partial charge in [-0.15, -0.1) is 0 Å². The Hall–Kier alpha value is -0.100. The molecule has 1 aromatic rings. The molecule has 1 atom stereocenters. The van der Waals surface area contributed by atoms with E-state index in [2.05, 4.69) is 59.8 Å². The fraction of sp³-hybridized carbons (Fsp3) is 0.750. The lowest BCUT2D eigenvalue weighted by Crippen LogP contribution is -2.35. The van der Waals surface area contributed by atoms with Gasteiger partial charge in [0.1, 0.15) is 0 Å². The van der Waals surface area contributed by atoms with E-state index >= 15 is 0 Å². The largest absolute Gasteiger partial charge is 0.307 e. The summed E-state index contributed by atoms with van der Waals surface area (Å²) in [6.45, 7) is 7.57.